The molecule has 5 N–H and O–H groups in total. The number of fused-ring (bicyclic) bond motifs is 1. The molecule has 0 aromatic heterocycles. The maximum absolute atomic E-state index is 13.4. The molecule has 0 aliphatic carbocycles. The molecule has 3 aromatic carbocycles. The van der Waals surface area contributed by atoms with Crippen LogP contribution in [0.4, 0.5) is 4.39 Å². The van der Waals surface area contributed by atoms with Crippen LogP contribution in [0, 0.1) is 5.82 Å². The third-order valence-corrected chi connectivity index (χ3v) is 8.07. The first kappa shape index (κ1) is 35.5. The first-order valence-electron chi connectivity index (χ1n) is 16.6. The number of nitrogens with one attached hydrogen (secondary N) is 2. The van der Waals surface area contributed by atoms with Crippen molar-refractivity contribution in [3.63, 3.8) is 0 Å². The molecule has 10 heteroatoms. The van der Waals surface area contributed by atoms with Gasteiger partial charge < -0.3 is 35.7 Å². The summed E-state index contributed by atoms with van der Waals surface area (Å²) in [5.41, 5.74) is 9.19. The number of rotatable bonds is 16. The summed E-state index contributed by atoms with van der Waals surface area (Å²) >= 11 is 0. The first-order valence-corrected chi connectivity index (χ1v) is 16.6. The van der Waals surface area contributed by atoms with Crippen molar-refractivity contribution in [3.8, 4) is 34.1 Å². The Hall–Kier alpha value is -4.31. The number of carbonyl (C=O) groups excluding carboxylic acids is 2. The van der Waals surface area contributed by atoms with Crippen LogP contribution in [0.1, 0.15) is 70.1 Å². The van der Waals surface area contributed by atoms with Crippen molar-refractivity contribution in [2.45, 2.75) is 84.3 Å². The molecule has 0 saturated heterocycles. The van der Waals surface area contributed by atoms with E-state index in [1.165, 1.54) is 12.1 Å². The average molecular weight is 650 g/mol. The summed E-state index contributed by atoms with van der Waals surface area (Å²) in [6.07, 6.45) is 4.26. The van der Waals surface area contributed by atoms with Crippen LogP contribution in [-0.4, -0.2) is 54.9 Å². The van der Waals surface area contributed by atoms with Crippen molar-refractivity contribution in [2.24, 2.45) is 5.73 Å². The number of aryl methyl sites for hydroxylation is 2. The van der Waals surface area contributed by atoms with Gasteiger partial charge in [-0.05, 0) is 86.9 Å². The highest BCUT2D eigenvalue weighted by Gasteiger charge is 2.29. The van der Waals surface area contributed by atoms with Crippen LogP contribution >= 0.6 is 0 Å². The van der Waals surface area contributed by atoms with Crippen molar-refractivity contribution >= 4 is 11.8 Å². The van der Waals surface area contributed by atoms with E-state index in [0.717, 1.165) is 53.0 Å². The Morgan fingerprint density at radius 1 is 1.00 bits per heavy atom. The predicted octanol–water partition coefficient (Wildman–Crippen LogP) is 5.61. The van der Waals surface area contributed by atoms with E-state index in [0.29, 0.717) is 63.3 Å². The lowest BCUT2D eigenvalue weighted by Crippen LogP contribution is -2.49. The fourth-order valence-corrected chi connectivity index (χ4v) is 5.45. The molecule has 2 amide bonds. The Morgan fingerprint density at radius 3 is 2.38 bits per heavy atom. The highest BCUT2D eigenvalue weighted by molar-refractivity contribution is 5.85. The van der Waals surface area contributed by atoms with Gasteiger partial charge in [0.05, 0.1) is 18.8 Å². The zero-order valence-corrected chi connectivity index (χ0v) is 27.9. The molecule has 0 radical (unpaired) electrons. The minimum absolute atomic E-state index is 0.0745. The standard InChI is InChI=1S/C37H48FN3O6/c1-5-9-28-31(16-12-26-13-17-32(47-34(26)28)35(43)40-18-7-19-41-36(44)37(3,4)39)45-20-8-21-46-33-23-30(42)29(22-24(33)6-2)25-10-14-27(38)15-11-25/h10-12,14-16,22-23,32,42H,5-9,13,17-21,39H2,1-4H3,(H,40,43)(H,41,44). The topological polar surface area (TPSA) is 132 Å². The number of halogens is 1. The van der Waals surface area contributed by atoms with E-state index in [1.54, 1.807) is 32.0 Å². The van der Waals surface area contributed by atoms with Crippen LogP contribution < -0.4 is 30.6 Å². The molecular formula is C37H48FN3O6. The average Bonchev–Trinajstić information content (AvgIpc) is 3.05. The van der Waals surface area contributed by atoms with E-state index in [1.807, 2.05) is 25.1 Å². The Morgan fingerprint density at radius 2 is 1.70 bits per heavy atom. The molecule has 0 spiro atoms. The normalized spacial score (nSPS) is 14.1. The zero-order chi connectivity index (χ0) is 34.0. The molecular weight excluding hydrogens is 601 g/mol. The first-order chi connectivity index (χ1) is 22.5. The fraction of sp³-hybridized carbons (Fsp3) is 0.459. The Balaban J connectivity index is 1.30. The smallest absolute Gasteiger partial charge is 0.261 e. The van der Waals surface area contributed by atoms with Gasteiger partial charge in [0.15, 0.2) is 6.10 Å². The maximum atomic E-state index is 13.4. The second-order valence-corrected chi connectivity index (χ2v) is 12.4. The number of hydrogen-bond acceptors (Lipinski definition) is 7. The van der Waals surface area contributed by atoms with Gasteiger partial charge in [0.1, 0.15) is 28.8 Å². The molecule has 1 aliphatic rings. The third kappa shape index (κ3) is 9.60. The molecule has 9 nitrogen and oxygen atoms in total. The van der Waals surface area contributed by atoms with Crippen LogP contribution in [0.15, 0.2) is 48.5 Å². The highest BCUT2D eigenvalue weighted by Crippen LogP contribution is 2.39. The van der Waals surface area contributed by atoms with E-state index < -0.39 is 11.6 Å². The number of phenolic OH excluding ortho intramolecular Hbond substituents is 1. The van der Waals surface area contributed by atoms with E-state index >= 15 is 0 Å². The minimum atomic E-state index is -0.941. The number of carbonyl (C=O) groups is 2. The molecule has 0 fully saturated rings. The Labute approximate surface area is 277 Å². The molecule has 254 valence electrons. The SMILES string of the molecule is CCCc1c(OCCCOc2cc(O)c(-c3ccc(F)cc3)cc2CC)ccc2c1OC(C(=O)NCCCNC(=O)C(C)(C)N)CC2. The Kier molecular flexibility index (Phi) is 12.5. The van der Waals surface area contributed by atoms with Gasteiger partial charge in [-0.25, -0.2) is 4.39 Å². The Bertz CT molecular complexity index is 1520. The summed E-state index contributed by atoms with van der Waals surface area (Å²) in [7, 11) is 0. The van der Waals surface area contributed by atoms with Crippen molar-refractivity contribution in [3.05, 3.63) is 71.0 Å². The summed E-state index contributed by atoms with van der Waals surface area (Å²) in [4.78, 5) is 24.8. The van der Waals surface area contributed by atoms with Crippen LogP contribution in [0.5, 0.6) is 23.0 Å². The van der Waals surface area contributed by atoms with Crippen LogP contribution in [0.3, 0.4) is 0 Å². The third-order valence-electron chi connectivity index (χ3n) is 8.07. The molecule has 1 atom stereocenters. The summed E-state index contributed by atoms with van der Waals surface area (Å²) in [6, 6.07) is 13.5. The van der Waals surface area contributed by atoms with Gasteiger partial charge in [0.25, 0.3) is 5.91 Å². The highest BCUT2D eigenvalue weighted by atomic mass is 19.1. The van der Waals surface area contributed by atoms with Crippen molar-refractivity contribution in [1.82, 2.24) is 10.6 Å². The van der Waals surface area contributed by atoms with Gasteiger partial charge in [-0.3, -0.25) is 9.59 Å². The van der Waals surface area contributed by atoms with Gasteiger partial charge in [0.2, 0.25) is 5.91 Å². The minimum Gasteiger partial charge on any atom is -0.507 e. The lowest BCUT2D eigenvalue weighted by atomic mass is 9.96. The van der Waals surface area contributed by atoms with Gasteiger partial charge in [-0.1, -0.05) is 38.5 Å². The molecule has 1 aliphatic heterocycles. The van der Waals surface area contributed by atoms with Crippen LogP contribution in [-0.2, 0) is 28.9 Å². The van der Waals surface area contributed by atoms with Gasteiger partial charge in [-0.15, -0.1) is 0 Å². The maximum Gasteiger partial charge on any atom is 0.261 e. The lowest BCUT2D eigenvalue weighted by Gasteiger charge is -2.28. The second-order valence-electron chi connectivity index (χ2n) is 12.4. The number of phenols is 1. The molecule has 1 heterocycles. The fourth-order valence-electron chi connectivity index (χ4n) is 5.45. The molecule has 47 heavy (non-hydrogen) atoms. The summed E-state index contributed by atoms with van der Waals surface area (Å²) < 4.78 is 31.9. The van der Waals surface area contributed by atoms with Crippen molar-refractivity contribution in [1.29, 1.82) is 0 Å². The summed E-state index contributed by atoms with van der Waals surface area (Å²) in [5, 5.41) is 16.4. The van der Waals surface area contributed by atoms with Crippen LogP contribution in [0.25, 0.3) is 11.1 Å². The molecule has 4 rings (SSSR count). The van der Waals surface area contributed by atoms with Crippen LogP contribution in [0.2, 0.25) is 0 Å². The van der Waals surface area contributed by atoms with Crippen molar-refractivity contribution in [2.75, 3.05) is 26.3 Å². The van der Waals surface area contributed by atoms with E-state index in [-0.39, 0.29) is 23.4 Å². The number of benzene rings is 3. The number of ether oxygens (including phenoxy) is 3. The number of aromatic hydroxyl groups is 1. The largest absolute Gasteiger partial charge is 0.507 e. The van der Waals surface area contributed by atoms with Gasteiger partial charge in [-0.2, -0.15) is 0 Å². The quantitative estimate of drug-likeness (QED) is 0.148. The predicted molar refractivity (Wildman–Crippen MR) is 181 cm³/mol. The monoisotopic (exact) mass is 649 g/mol. The van der Waals surface area contributed by atoms with Gasteiger partial charge in [0, 0.05) is 36.7 Å². The van der Waals surface area contributed by atoms with Crippen molar-refractivity contribution < 1.29 is 33.3 Å². The molecule has 1 unspecified atom stereocenters. The molecule has 0 saturated carbocycles. The van der Waals surface area contributed by atoms with E-state index in [9.17, 15) is 19.1 Å². The number of hydrogen-bond donors (Lipinski definition) is 4. The number of nitrogens with two attached hydrogens (primary N) is 1. The molecule has 0 bridgehead atoms. The van der Waals surface area contributed by atoms with Gasteiger partial charge >= 0.3 is 0 Å². The molecule has 3 aromatic rings. The van der Waals surface area contributed by atoms with E-state index in [4.69, 9.17) is 19.9 Å². The number of amides is 2. The second kappa shape index (κ2) is 16.5. The zero-order valence-electron chi connectivity index (χ0n) is 27.9. The lowest BCUT2D eigenvalue weighted by molar-refractivity contribution is -0.128. The summed E-state index contributed by atoms with van der Waals surface area (Å²) in [5.74, 6) is 1.42. The summed E-state index contributed by atoms with van der Waals surface area (Å²) in [6.45, 7) is 9.06. The van der Waals surface area contributed by atoms with E-state index in [2.05, 4.69) is 17.6 Å².